The van der Waals surface area contributed by atoms with Crippen molar-refractivity contribution in [3.05, 3.63) is 24.3 Å². The molecule has 0 saturated carbocycles. The summed E-state index contributed by atoms with van der Waals surface area (Å²) in [6, 6.07) is -0.999. The first kappa shape index (κ1) is 42.8. The zero-order valence-electron chi connectivity index (χ0n) is 28.9. The lowest BCUT2D eigenvalue weighted by Gasteiger charge is -2.27. The number of rotatable bonds is 33. The number of amides is 1. The number of unbranched alkanes of at least 4 members (excludes halogenated alkanes) is 20. The van der Waals surface area contributed by atoms with Crippen molar-refractivity contribution in [3.63, 3.8) is 0 Å². The zero-order chi connectivity index (χ0) is 32.5. The Balaban J connectivity index is 3.76. The SMILES string of the molecule is CCCCC/C=C/CCCC(O)C(O)C(CO)NC(=O)C(O)CCCCCCCC/C=C\CCCCCCCCCCCC. The molecule has 44 heavy (non-hydrogen) atoms. The molecule has 0 fully saturated rings. The molecular weight excluding hydrogens is 550 g/mol. The van der Waals surface area contributed by atoms with Crippen LogP contribution in [0.2, 0.25) is 0 Å². The maximum Gasteiger partial charge on any atom is 0.249 e. The van der Waals surface area contributed by atoms with Crippen LogP contribution >= 0.6 is 0 Å². The van der Waals surface area contributed by atoms with Gasteiger partial charge in [-0.15, -0.1) is 0 Å². The normalized spacial score (nSPS) is 14.8. The first-order valence-electron chi connectivity index (χ1n) is 18.7. The molecule has 0 spiro atoms. The van der Waals surface area contributed by atoms with E-state index in [0.29, 0.717) is 19.3 Å². The van der Waals surface area contributed by atoms with Crippen LogP contribution < -0.4 is 5.32 Å². The summed E-state index contributed by atoms with van der Waals surface area (Å²) >= 11 is 0. The Morgan fingerprint density at radius 1 is 0.545 bits per heavy atom. The fraction of sp³-hybridized carbons (Fsp3) is 0.868. The molecule has 4 unspecified atom stereocenters. The Morgan fingerprint density at radius 3 is 1.41 bits per heavy atom. The van der Waals surface area contributed by atoms with Crippen molar-refractivity contribution in [2.75, 3.05) is 6.61 Å². The quantitative estimate of drug-likeness (QED) is 0.0371. The van der Waals surface area contributed by atoms with Gasteiger partial charge in [-0.3, -0.25) is 4.79 Å². The third-order valence-electron chi connectivity index (χ3n) is 8.63. The smallest absolute Gasteiger partial charge is 0.249 e. The van der Waals surface area contributed by atoms with Crippen molar-refractivity contribution in [2.24, 2.45) is 0 Å². The van der Waals surface area contributed by atoms with Gasteiger partial charge in [0.05, 0.1) is 18.8 Å². The van der Waals surface area contributed by atoms with Crippen LogP contribution in [-0.4, -0.2) is 57.3 Å². The Kier molecular flexibility index (Phi) is 32.2. The van der Waals surface area contributed by atoms with Crippen molar-refractivity contribution < 1.29 is 25.2 Å². The second-order valence-corrected chi connectivity index (χ2v) is 12.9. The third-order valence-corrected chi connectivity index (χ3v) is 8.63. The number of aliphatic hydroxyl groups is 4. The standard InChI is InChI=1S/C38H73NO5/c1-3-5-7-9-11-13-14-15-16-17-18-19-20-21-22-23-24-26-28-30-32-36(42)38(44)39-34(33-40)37(43)35(41)31-29-27-25-12-10-8-6-4-2/h12,19-20,25,34-37,40-43H,3-11,13-18,21-24,26-33H2,1-2H3,(H,39,44)/b20-19-,25-12+. The number of hydrogen-bond acceptors (Lipinski definition) is 5. The lowest BCUT2D eigenvalue weighted by molar-refractivity contribution is -0.132. The van der Waals surface area contributed by atoms with Crippen LogP contribution in [0.25, 0.3) is 0 Å². The van der Waals surface area contributed by atoms with E-state index in [-0.39, 0.29) is 0 Å². The van der Waals surface area contributed by atoms with Gasteiger partial charge >= 0.3 is 0 Å². The van der Waals surface area contributed by atoms with E-state index in [1.807, 2.05) is 0 Å². The minimum absolute atomic E-state index is 0.356. The van der Waals surface area contributed by atoms with Gasteiger partial charge in [-0.25, -0.2) is 0 Å². The summed E-state index contributed by atoms with van der Waals surface area (Å²) in [6.45, 7) is 3.96. The molecule has 0 bridgehead atoms. The van der Waals surface area contributed by atoms with E-state index < -0.39 is 36.9 Å². The predicted molar refractivity (Wildman–Crippen MR) is 187 cm³/mol. The Morgan fingerprint density at radius 2 is 0.932 bits per heavy atom. The number of aliphatic hydroxyl groups excluding tert-OH is 4. The number of carbonyl (C=O) groups excluding carboxylic acids is 1. The largest absolute Gasteiger partial charge is 0.394 e. The molecule has 0 aliphatic carbocycles. The molecule has 0 aromatic heterocycles. The topological polar surface area (TPSA) is 110 Å². The summed E-state index contributed by atoms with van der Waals surface area (Å²) in [5.74, 6) is -0.602. The average Bonchev–Trinajstić information content (AvgIpc) is 3.03. The van der Waals surface area contributed by atoms with Crippen LogP contribution in [0.4, 0.5) is 0 Å². The molecule has 0 saturated heterocycles. The molecule has 1 amide bonds. The Hall–Kier alpha value is -1.21. The number of allylic oxidation sites excluding steroid dienone is 4. The highest BCUT2D eigenvalue weighted by Crippen LogP contribution is 2.14. The number of nitrogens with one attached hydrogen (secondary N) is 1. The van der Waals surface area contributed by atoms with E-state index in [2.05, 4.69) is 43.5 Å². The van der Waals surface area contributed by atoms with E-state index in [9.17, 15) is 25.2 Å². The monoisotopic (exact) mass is 624 g/mol. The summed E-state index contributed by atoms with van der Waals surface area (Å²) < 4.78 is 0. The van der Waals surface area contributed by atoms with Crippen LogP contribution in [0, 0.1) is 0 Å². The molecule has 4 atom stereocenters. The van der Waals surface area contributed by atoms with Crippen LogP contribution in [0.3, 0.4) is 0 Å². The maximum atomic E-state index is 12.4. The highest BCUT2D eigenvalue weighted by Gasteiger charge is 2.28. The van der Waals surface area contributed by atoms with Crippen molar-refractivity contribution in [1.29, 1.82) is 0 Å². The van der Waals surface area contributed by atoms with E-state index in [1.54, 1.807) is 0 Å². The van der Waals surface area contributed by atoms with Gasteiger partial charge in [0.1, 0.15) is 12.2 Å². The van der Waals surface area contributed by atoms with Gasteiger partial charge in [0.2, 0.25) is 5.91 Å². The second kappa shape index (κ2) is 33.2. The van der Waals surface area contributed by atoms with Gasteiger partial charge in [-0.2, -0.15) is 0 Å². The summed E-state index contributed by atoms with van der Waals surface area (Å²) in [5.41, 5.74) is 0. The van der Waals surface area contributed by atoms with Gasteiger partial charge in [0, 0.05) is 0 Å². The molecule has 6 nitrogen and oxygen atoms in total. The van der Waals surface area contributed by atoms with Crippen LogP contribution in [0.1, 0.15) is 181 Å². The molecule has 0 radical (unpaired) electrons. The zero-order valence-corrected chi connectivity index (χ0v) is 28.9. The third kappa shape index (κ3) is 27.1. The molecule has 0 aliphatic heterocycles. The highest BCUT2D eigenvalue weighted by atomic mass is 16.3. The Bertz CT molecular complexity index is 668. The molecule has 0 rings (SSSR count). The first-order valence-corrected chi connectivity index (χ1v) is 18.7. The Labute approximate surface area is 272 Å². The summed E-state index contributed by atoms with van der Waals surface area (Å²) in [5, 5.41) is 43.2. The van der Waals surface area contributed by atoms with Crippen LogP contribution in [0.5, 0.6) is 0 Å². The van der Waals surface area contributed by atoms with Gasteiger partial charge < -0.3 is 25.7 Å². The molecule has 6 heteroatoms. The molecule has 5 N–H and O–H groups in total. The van der Waals surface area contributed by atoms with Gasteiger partial charge in [-0.05, 0) is 64.2 Å². The first-order chi connectivity index (χ1) is 21.5. The van der Waals surface area contributed by atoms with Crippen molar-refractivity contribution >= 4 is 5.91 Å². The molecule has 0 aromatic carbocycles. The number of carbonyl (C=O) groups is 1. The predicted octanol–water partition coefficient (Wildman–Crippen LogP) is 8.84. The van der Waals surface area contributed by atoms with Gasteiger partial charge in [0.25, 0.3) is 0 Å². The lowest BCUT2D eigenvalue weighted by Crippen LogP contribution is -2.53. The van der Waals surface area contributed by atoms with Crippen LogP contribution in [0.15, 0.2) is 24.3 Å². The molecule has 0 heterocycles. The minimum atomic E-state index is -1.28. The lowest BCUT2D eigenvalue weighted by atomic mass is 10.00. The fourth-order valence-electron chi connectivity index (χ4n) is 5.57. The van der Waals surface area contributed by atoms with E-state index >= 15 is 0 Å². The molecule has 0 aromatic rings. The average molecular weight is 624 g/mol. The van der Waals surface area contributed by atoms with Crippen molar-refractivity contribution in [1.82, 2.24) is 5.32 Å². The minimum Gasteiger partial charge on any atom is -0.394 e. The van der Waals surface area contributed by atoms with E-state index in [4.69, 9.17) is 0 Å². The summed E-state index contributed by atoms with van der Waals surface area (Å²) in [6.07, 6.45) is 35.1. The van der Waals surface area contributed by atoms with Gasteiger partial charge in [0.15, 0.2) is 0 Å². The van der Waals surface area contributed by atoms with Crippen molar-refractivity contribution in [2.45, 2.75) is 205 Å². The van der Waals surface area contributed by atoms with Crippen LogP contribution in [-0.2, 0) is 4.79 Å². The highest BCUT2D eigenvalue weighted by molar-refractivity contribution is 5.80. The number of hydrogen-bond donors (Lipinski definition) is 5. The van der Waals surface area contributed by atoms with E-state index in [0.717, 1.165) is 38.5 Å². The summed E-state index contributed by atoms with van der Waals surface area (Å²) in [4.78, 5) is 12.4. The summed E-state index contributed by atoms with van der Waals surface area (Å²) in [7, 11) is 0. The van der Waals surface area contributed by atoms with Crippen molar-refractivity contribution in [3.8, 4) is 0 Å². The fourth-order valence-corrected chi connectivity index (χ4v) is 5.57. The molecule has 0 aliphatic rings. The molecule has 260 valence electrons. The second-order valence-electron chi connectivity index (χ2n) is 12.9. The molecular formula is C38H73NO5. The van der Waals surface area contributed by atoms with E-state index in [1.165, 1.54) is 109 Å². The maximum absolute atomic E-state index is 12.4. The van der Waals surface area contributed by atoms with Gasteiger partial charge in [-0.1, -0.05) is 141 Å².